The first-order valence-corrected chi connectivity index (χ1v) is 13.1. The van der Waals surface area contributed by atoms with Gasteiger partial charge in [0.15, 0.2) is 35.7 Å². The molecule has 4 aromatic rings. The maximum absolute atomic E-state index is 6.12. The van der Waals surface area contributed by atoms with Crippen molar-refractivity contribution >= 4 is 10.8 Å². The fourth-order valence-electron chi connectivity index (χ4n) is 5.38. The summed E-state index contributed by atoms with van der Waals surface area (Å²) in [6, 6.07) is 17.1. The van der Waals surface area contributed by atoms with Crippen LogP contribution < -0.4 is 23.5 Å². The molecule has 1 aliphatic heterocycles. The van der Waals surface area contributed by atoms with E-state index in [2.05, 4.69) is 80.1 Å². The van der Waals surface area contributed by atoms with Gasteiger partial charge in [0.25, 0.3) is 0 Å². The van der Waals surface area contributed by atoms with Crippen LogP contribution in [0.5, 0.6) is 23.0 Å². The van der Waals surface area contributed by atoms with Gasteiger partial charge in [-0.15, -0.1) is 0 Å². The summed E-state index contributed by atoms with van der Waals surface area (Å²) in [5.41, 5.74) is 8.74. The predicted molar refractivity (Wildman–Crippen MR) is 152 cm³/mol. The van der Waals surface area contributed by atoms with Crippen molar-refractivity contribution in [3.05, 3.63) is 88.6 Å². The van der Waals surface area contributed by atoms with Gasteiger partial charge in [0.2, 0.25) is 5.69 Å². The van der Waals surface area contributed by atoms with E-state index in [0.29, 0.717) is 6.61 Å². The number of fused-ring (bicyclic) bond motifs is 4. The molecule has 5 nitrogen and oxygen atoms in total. The van der Waals surface area contributed by atoms with Crippen molar-refractivity contribution in [1.29, 1.82) is 0 Å². The molecule has 3 aromatic carbocycles. The Morgan fingerprint density at radius 2 is 1.68 bits per heavy atom. The van der Waals surface area contributed by atoms with Crippen molar-refractivity contribution in [3.63, 3.8) is 0 Å². The van der Waals surface area contributed by atoms with E-state index >= 15 is 0 Å². The first-order chi connectivity index (χ1) is 18.4. The lowest BCUT2D eigenvalue weighted by Crippen LogP contribution is -2.41. The molecule has 2 heterocycles. The number of rotatable bonds is 8. The van der Waals surface area contributed by atoms with Crippen LogP contribution in [0.3, 0.4) is 0 Å². The molecule has 0 aliphatic carbocycles. The fourth-order valence-corrected chi connectivity index (χ4v) is 5.38. The van der Waals surface area contributed by atoms with Crippen LogP contribution in [0.2, 0.25) is 0 Å². The summed E-state index contributed by atoms with van der Waals surface area (Å²) in [6.45, 7) is 7.71. The lowest BCUT2D eigenvalue weighted by molar-refractivity contribution is -0.686. The van der Waals surface area contributed by atoms with E-state index in [1.807, 2.05) is 6.07 Å². The highest BCUT2D eigenvalue weighted by Gasteiger charge is 2.31. The van der Waals surface area contributed by atoms with Crippen LogP contribution in [-0.2, 0) is 19.4 Å². The molecule has 196 valence electrons. The maximum atomic E-state index is 6.12. The first kappa shape index (κ1) is 25.7. The second-order valence-electron chi connectivity index (χ2n) is 10.0. The van der Waals surface area contributed by atoms with Crippen LogP contribution in [0.1, 0.15) is 36.1 Å². The van der Waals surface area contributed by atoms with E-state index in [-0.39, 0.29) is 0 Å². The molecular formula is C33H36NO4+. The van der Waals surface area contributed by atoms with E-state index in [9.17, 15) is 0 Å². The average Bonchev–Trinajstić information content (AvgIpc) is 2.92. The highest BCUT2D eigenvalue weighted by Crippen LogP contribution is 2.43. The monoisotopic (exact) mass is 510 g/mol. The van der Waals surface area contributed by atoms with Gasteiger partial charge in [-0.25, -0.2) is 0 Å². The molecule has 5 rings (SSSR count). The third-order valence-electron chi connectivity index (χ3n) is 7.39. The van der Waals surface area contributed by atoms with Gasteiger partial charge in [-0.2, -0.15) is 4.57 Å². The van der Waals surface area contributed by atoms with Gasteiger partial charge in [-0.1, -0.05) is 29.8 Å². The van der Waals surface area contributed by atoms with E-state index in [4.69, 9.17) is 18.9 Å². The summed E-state index contributed by atoms with van der Waals surface area (Å²) in [5, 5.41) is 2.21. The molecule has 0 unspecified atom stereocenters. The zero-order valence-electron chi connectivity index (χ0n) is 23.2. The number of methoxy groups -OCH3 is 3. The highest BCUT2D eigenvalue weighted by molar-refractivity contribution is 5.95. The van der Waals surface area contributed by atoms with E-state index in [0.717, 1.165) is 53.2 Å². The Labute approximate surface area is 225 Å². The molecule has 1 aromatic heterocycles. The van der Waals surface area contributed by atoms with Crippen molar-refractivity contribution in [2.24, 2.45) is 0 Å². The van der Waals surface area contributed by atoms with Gasteiger partial charge >= 0.3 is 0 Å². The van der Waals surface area contributed by atoms with E-state index < -0.39 is 0 Å². The molecule has 0 saturated carbocycles. The van der Waals surface area contributed by atoms with E-state index in [1.54, 1.807) is 21.3 Å². The number of pyridine rings is 1. The van der Waals surface area contributed by atoms with Gasteiger partial charge in [0, 0.05) is 23.8 Å². The Hall–Kier alpha value is -3.99. The van der Waals surface area contributed by atoms with Crippen molar-refractivity contribution in [1.82, 2.24) is 0 Å². The minimum absolute atomic E-state index is 0.521. The molecule has 0 amide bonds. The normalized spacial score (nSPS) is 11.9. The molecule has 38 heavy (non-hydrogen) atoms. The standard InChI is InChI=1S/C33H36NO4/c1-21(2)14-16-38-31-18-24-13-15-34-20-28-25(11-12-29(35-4)33(28)37-6)27(17-23-10-8-7-9-22(23)3)32(34)26(24)19-30(31)36-5/h7-12,14,18-20H,13,15-17H2,1-6H3/q+1. The van der Waals surface area contributed by atoms with Crippen molar-refractivity contribution in [2.75, 3.05) is 27.9 Å². The first-order valence-electron chi connectivity index (χ1n) is 13.1. The number of ether oxygens (including phenoxy) is 4. The van der Waals surface area contributed by atoms with Crippen LogP contribution in [0.25, 0.3) is 22.0 Å². The zero-order valence-corrected chi connectivity index (χ0v) is 23.2. The van der Waals surface area contributed by atoms with Gasteiger partial charge in [0.05, 0.1) is 32.3 Å². The molecule has 0 radical (unpaired) electrons. The van der Waals surface area contributed by atoms with E-state index in [1.165, 1.54) is 39.1 Å². The minimum atomic E-state index is 0.521. The summed E-state index contributed by atoms with van der Waals surface area (Å²) < 4.78 is 25.8. The minimum Gasteiger partial charge on any atom is -0.493 e. The third kappa shape index (κ3) is 4.69. The second kappa shape index (κ2) is 10.8. The predicted octanol–water partition coefficient (Wildman–Crippen LogP) is 6.62. The quantitative estimate of drug-likeness (QED) is 0.197. The molecule has 0 spiro atoms. The summed E-state index contributed by atoms with van der Waals surface area (Å²) in [7, 11) is 5.10. The lowest BCUT2D eigenvalue weighted by atomic mass is 9.88. The number of benzene rings is 3. The zero-order chi connectivity index (χ0) is 26.8. The molecule has 0 N–H and O–H groups in total. The molecule has 0 bridgehead atoms. The number of allylic oxidation sites excluding steroid dienone is 1. The molecule has 5 heteroatoms. The molecule has 0 saturated heterocycles. The van der Waals surface area contributed by atoms with Crippen LogP contribution in [0.15, 0.2) is 66.4 Å². The average molecular weight is 511 g/mol. The smallest absolute Gasteiger partial charge is 0.217 e. The number of nitrogens with zero attached hydrogens (tertiary/aromatic N) is 1. The van der Waals surface area contributed by atoms with Crippen molar-refractivity contribution < 1.29 is 23.5 Å². The molecular weight excluding hydrogens is 474 g/mol. The summed E-state index contributed by atoms with van der Waals surface area (Å²) in [6.07, 6.45) is 5.99. The fraction of sp³-hybridized carbons (Fsp3) is 0.303. The number of aromatic nitrogens is 1. The lowest BCUT2D eigenvalue weighted by Gasteiger charge is -2.22. The Bertz CT molecular complexity index is 1530. The molecule has 0 atom stereocenters. The second-order valence-corrected chi connectivity index (χ2v) is 10.0. The Morgan fingerprint density at radius 1 is 0.895 bits per heavy atom. The Balaban J connectivity index is 1.75. The van der Waals surface area contributed by atoms with Crippen molar-refractivity contribution in [3.8, 4) is 34.3 Å². The Morgan fingerprint density at radius 3 is 2.39 bits per heavy atom. The van der Waals surface area contributed by atoms with Crippen LogP contribution in [0, 0.1) is 6.92 Å². The SMILES string of the molecule is COc1cc2c(cc1OCC=C(C)C)CC[n+]1cc3c(OC)c(OC)ccc3c(Cc3ccccc3C)c1-2. The number of hydrogen-bond donors (Lipinski definition) is 0. The van der Waals surface area contributed by atoms with Crippen LogP contribution >= 0.6 is 0 Å². The summed E-state index contributed by atoms with van der Waals surface area (Å²) >= 11 is 0. The van der Waals surface area contributed by atoms with Crippen LogP contribution in [0.4, 0.5) is 0 Å². The molecule has 0 fully saturated rings. The van der Waals surface area contributed by atoms with Gasteiger partial charge in [0.1, 0.15) is 6.61 Å². The number of hydrogen-bond acceptors (Lipinski definition) is 4. The molecule has 1 aliphatic rings. The Kier molecular flexibility index (Phi) is 7.28. The largest absolute Gasteiger partial charge is 0.493 e. The van der Waals surface area contributed by atoms with Gasteiger partial charge < -0.3 is 18.9 Å². The van der Waals surface area contributed by atoms with Crippen molar-refractivity contribution in [2.45, 2.75) is 40.2 Å². The van der Waals surface area contributed by atoms with Gasteiger partial charge in [-0.05, 0) is 67.8 Å². The summed E-state index contributed by atoms with van der Waals surface area (Å²) in [4.78, 5) is 0. The number of aryl methyl sites for hydroxylation is 3. The topological polar surface area (TPSA) is 40.8 Å². The van der Waals surface area contributed by atoms with Crippen LogP contribution in [-0.4, -0.2) is 27.9 Å². The highest BCUT2D eigenvalue weighted by atomic mass is 16.5. The summed E-state index contributed by atoms with van der Waals surface area (Å²) in [5.74, 6) is 3.02. The maximum Gasteiger partial charge on any atom is 0.217 e. The van der Waals surface area contributed by atoms with Gasteiger partial charge in [-0.3, -0.25) is 0 Å². The third-order valence-corrected chi connectivity index (χ3v) is 7.39.